The zero-order valence-electron chi connectivity index (χ0n) is 14.9. The lowest BCUT2D eigenvalue weighted by atomic mass is 9.99. The van der Waals surface area contributed by atoms with Gasteiger partial charge in [0.15, 0.2) is 0 Å². The lowest BCUT2D eigenvalue weighted by Gasteiger charge is -2.26. The average molecular weight is 367 g/mol. The van der Waals surface area contributed by atoms with E-state index < -0.39 is 11.8 Å². The smallest absolute Gasteiger partial charge is 0.313 e. The van der Waals surface area contributed by atoms with E-state index in [0.29, 0.717) is 25.1 Å². The van der Waals surface area contributed by atoms with Crippen molar-refractivity contribution in [3.05, 3.63) is 42.0 Å². The summed E-state index contributed by atoms with van der Waals surface area (Å²) >= 11 is 0. The molecule has 0 aliphatic carbocycles. The minimum absolute atomic E-state index is 0.102. The molecule has 140 valence electrons. The van der Waals surface area contributed by atoms with Gasteiger partial charge in [0.25, 0.3) is 0 Å². The molecule has 0 unspecified atom stereocenters. The van der Waals surface area contributed by atoms with E-state index in [4.69, 9.17) is 0 Å². The fourth-order valence-electron chi connectivity index (χ4n) is 3.70. The van der Waals surface area contributed by atoms with E-state index in [9.17, 15) is 14.4 Å². The van der Waals surface area contributed by atoms with Crippen LogP contribution in [0.2, 0.25) is 0 Å². The Kier molecular flexibility index (Phi) is 4.62. The number of amides is 3. The van der Waals surface area contributed by atoms with Gasteiger partial charge in [-0.2, -0.15) is 0 Å². The van der Waals surface area contributed by atoms with Crippen LogP contribution in [0.1, 0.15) is 24.0 Å². The molecule has 0 radical (unpaired) electrons. The molecule has 0 saturated carbocycles. The van der Waals surface area contributed by atoms with Gasteiger partial charge in [0, 0.05) is 37.7 Å². The second-order valence-electron chi connectivity index (χ2n) is 6.83. The van der Waals surface area contributed by atoms with Crippen molar-refractivity contribution < 1.29 is 14.4 Å². The van der Waals surface area contributed by atoms with Crippen LogP contribution in [-0.4, -0.2) is 40.4 Å². The molecule has 8 nitrogen and oxygen atoms in total. The Balaban J connectivity index is 1.34. The third-order valence-electron chi connectivity index (χ3n) is 4.91. The second kappa shape index (κ2) is 7.22. The van der Waals surface area contributed by atoms with Crippen LogP contribution >= 0.6 is 0 Å². The highest BCUT2D eigenvalue weighted by Crippen LogP contribution is 2.38. The topological polar surface area (TPSA) is 96.3 Å². The summed E-state index contributed by atoms with van der Waals surface area (Å²) in [7, 11) is 0. The van der Waals surface area contributed by atoms with Gasteiger partial charge in [-0.15, -0.1) is 0 Å². The molecular formula is C19H21N5O3. The van der Waals surface area contributed by atoms with Crippen molar-refractivity contribution in [1.29, 1.82) is 0 Å². The van der Waals surface area contributed by atoms with Gasteiger partial charge in [0.1, 0.15) is 0 Å². The molecule has 4 rings (SSSR count). The van der Waals surface area contributed by atoms with Crippen LogP contribution in [0.25, 0.3) is 0 Å². The first kappa shape index (κ1) is 17.3. The first-order chi connectivity index (χ1) is 13.1. The van der Waals surface area contributed by atoms with Crippen LogP contribution in [-0.2, 0) is 33.8 Å². The second-order valence-corrected chi connectivity index (χ2v) is 6.83. The molecule has 0 saturated heterocycles. The summed E-state index contributed by atoms with van der Waals surface area (Å²) < 4.78 is 1.91. The minimum Gasteiger partial charge on any atom is -0.348 e. The summed E-state index contributed by atoms with van der Waals surface area (Å²) in [5, 5.41) is 5.28. The molecule has 0 fully saturated rings. The molecule has 27 heavy (non-hydrogen) atoms. The van der Waals surface area contributed by atoms with Crippen LogP contribution in [0.3, 0.4) is 0 Å². The standard InChI is InChI=1S/C19H21N5O3/c25-16-11-14-10-15(9-13-3-1-7-24(16)17(13)14)22-19(27)18(26)21-4-2-6-23-8-5-20-12-23/h5,8-10,12H,1-4,6-7,11H2,(H,21,26)(H,22,27). The van der Waals surface area contributed by atoms with Gasteiger partial charge in [-0.3, -0.25) is 14.4 Å². The first-order valence-electron chi connectivity index (χ1n) is 9.13. The number of hydrogen-bond donors (Lipinski definition) is 2. The van der Waals surface area contributed by atoms with Gasteiger partial charge in [-0.05, 0) is 42.5 Å². The summed E-state index contributed by atoms with van der Waals surface area (Å²) in [4.78, 5) is 42.0. The maximum Gasteiger partial charge on any atom is 0.313 e. The van der Waals surface area contributed by atoms with E-state index in [2.05, 4.69) is 15.6 Å². The quantitative estimate of drug-likeness (QED) is 0.605. The summed E-state index contributed by atoms with van der Waals surface area (Å²) in [6.07, 6.45) is 8.09. The monoisotopic (exact) mass is 367 g/mol. The fraction of sp³-hybridized carbons (Fsp3) is 0.368. The molecule has 1 aromatic carbocycles. The summed E-state index contributed by atoms with van der Waals surface area (Å²) in [5.74, 6) is -1.25. The largest absolute Gasteiger partial charge is 0.348 e. The van der Waals surface area contributed by atoms with Crippen LogP contribution in [0.15, 0.2) is 30.9 Å². The van der Waals surface area contributed by atoms with Crippen LogP contribution in [0, 0.1) is 0 Å². The number of rotatable bonds is 5. The normalized spacial score (nSPS) is 14.8. The van der Waals surface area contributed by atoms with Gasteiger partial charge in [0.05, 0.1) is 18.4 Å². The number of anilines is 2. The molecule has 2 aliphatic heterocycles. The van der Waals surface area contributed by atoms with E-state index in [1.54, 1.807) is 18.6 Å². The van der Waals surface area contributed by atoms with Gasteiger partial charge < -0.3 is 20.1 Å². The predicted octanol–water partition coefficient (Wildman–Crippen LogP) is 0.863. The van der Waals surface area contributed by atoms with Crippen molar-refractivity contribution in [2.75, 3.05) is 23.3 Å². The highest BCUT2D eigenvalue weighted by atomic mass is 16.2. The zero-order chi connectivity index (χ0) is 18.8. The number of imidazole rings is 1. The first-order valence-corrected chi connectivity index (χ1v) is 9.13. The van der Waals surface area contributed by atoms with E-state index in [1.165, 1.54) is 0 Å². The van der Waals surface area contributed by atoms with Gasteiger partial charge in [-0.25, -0.2) is 4.98 Å². The number of aryl methyl sites for hydroxylation is 2. The highest BCUT2D eigenvalue weighted by Gasteiger charge is 2.32. The molecule has 2 N–H and O–H groups in total. The van der Waals surface area contributed by atoms with Crippen LogP contribution in [0.4, 0.5) is 11.4 Å². The number of benzene rings is 1. The Morgan fingerprint density at radius 1 is 1.19 bits per heavy atom. The Morgan fingerprint density at radius 3 is 2.85 bits per heavy atom. The molecule has 3 heterocycles. The third-order valence-corrected chi connectivity index (χ3v) is 4.91. The van der Waals surface area contributed by atoms with E-state index >= 15 is 0 Å². The number of aromatic nitrogens is 2. The summed E-state index contributed by atoms with van der Waals surface area (Å²) in [5.41, 5.74) is 3.54. The van der Waals surface area contributed by atoms with Crippen molar-refractivity contribution in [2.24, 2.45) is 0 Å². The number of carbonyl (C=O) groups excluding carboxylic acids is 3. The van der Waals surface area contributed by atoms with Gasteiger partial charge in [0.2, 0.25) is 5.91 Å². The maximum atomic E-state index is 12.2. The number of hydrogen-bond acceptors (Lipinski definition) is 4. The van der Waals surface area contributed by atoms with Crippen molar-refractivity contribution in [3.8, 4) is 0 Å². The minimum atomic E-state index is -0.693. The van der Waals surface area contributed by atoms with Crippen molar-refractivity contribution in [1.82, 2.24) is 14.9 Å². The number of carbonyl (C=O) groups is 3. The molecular weight excluding hydrogens is 346 g/mol. The average Bonchev–Trinajstić information content (AvgIpc) is 3.28. The van der Waals surface area contributed by atoms with Crippen LogP contribution in [0.5, 0.6) is 0 Å². The summed E-state index contributed by atoms with van der Waals surface area (Å²) in [6.45, 7) is 1.88. The Labute approximate surface area is 156 Å². The van der Waals surface area contributed by atoms with Crippen molar-refractivity contribution >= 4 is 29.1 Å². The van der Waals surface area contributed by atoms with Gasteiger partial charge >= 0.3 is 11.8 Å². The molecule has 0 spiro atoms. The molecule has 0 atom stereocenters. The zero-order valence-corrected chi connectivity index (χ0v) is 14.9. The Morgan fingerprint density at radius 2 is 2.04 bits per heavy atom. The number of nitrogens with one attached hydrogen (secondary N) is 2. The fourth-order valence-corrected chi connectivity index (χ4v) is 3.70. The molecule has 2 aliphatic rings. The van der Waals surface area contributed by atoms with E-state index in [1.807, 2.05) is 21.7 Å². The lowest BCUT2D eigenvalue weighted by Crippen LogP contribution is -2.36. The molecule has 8 heteroatoms. The lowest BCUT2D eigenvalue weighted by molar-refractivity contribution is -0.136. The van der Waals surface area contributed by atoms with Crippen LogP contribution < -0.4 is 15.5 Å². The Hall–Kier alpha value is -3.16. The predicted molar refractivity (Wildman–Crippen MR) is 99.3 cm³/mol. The van der Waals surface area contributed by atoms with E-state index in [-0.39, 0.29) is 5.91 Å². The molecule has 2 aromatic rings. The number of nitrogens with zero attached hydrogens (tertiary/aromatic N) is 3. The maximum absolute atomic E-state index is 12.2. The van der Waals surface area contributed by atoms with Gasteiger partial charge in [-0.1, -0.05) is 0 Å². The van der Waals surface area contributed by atoms with E-state index in [0.717, 1.165) is 42.7 Å². The SMILES string of the molecule is O=C(NCCCn1ccnc1)C(=O)Nc1cc2c3c(c1)CC(=O)N3CCC2. The van der Waals surface area contributed by atoms with Crippen molar-refractivity contribution in [3.63, 3.8) is 0 Å². The Bertz CT molecular complexity index is 891. The highest BCUT2D eigenvalue weighted by molar-refractivity contribution is 6.39. The van der Waals surface area contributed by atoms with Crippen molar-refractivity contribution in [2.45, 2.75) is 32.2 Å². The molecule has 0 bridgehead atoms. The molecule has 1 aromatic heterocycles. The summed E-state index contributed by atoms with van der Waals surface area (Å²) in [6, 6.07) is 3.67. The third kappa shape index (κ3) is 3.55. The molecule has 3 amide bonds.